The molecule has 1 aliphatic heterocycles. The monoisotopic (exact) mass is 543 g/mol. The maximum atomic E-state index is 14.8. The fourth-order valence-corrected chi connectivity index (χ4v) is 4.52. The number of carbonyl (C=O) groups excluding carboxylic acids is 1. The lowest BCUT2D eigenvalue weighted by atomic mass is 9.96. The summed E-state index contributed by atoms with van der Waals surface area (Å²) in [5.74, 6) is -4.56. The molecule has 1 aromatic heterocycles. The average molecular weight is 543 g/mol. The second-order valence-corrected chi connectivity index (χ2v) is 9.72. The molecule has 1 saturated heterocycles. The minimum atomic E-state index is -3.92. The number of hydrogen-bond acceptors (Lipinski definition) is 10. The number of hydroxylamine groups is 1. The summed E-state index contributed by atoms with van der Waals surface area (Å²) in [7, 11) is -2.97. The number of nitrogens with two attached hydrogens (primary N) is 1. The number of ether oxygens (including phenoxy) is 2. The average Bonchev–Trinajstić information content (AvgIpc) is 3.06. The summed E-state index contributed by atoms with van der Waals surface area (Å²) in [6.45, 7) is 0.616. The van der Waals surface area contributed by atoms with Gasteiger partial charge in [0.05, 0.1) is 0 Å². The Hall–Kier alpha value is -3.03. The normalized spacial score (nSPS) is 24.4. The van der Waals surface area contributed by atoms with Gasteiger partial charge in [0.25, 0.3) is 0 Å². The summed E-state index contributed by atoms with van der Waals surface area (Å²) in [5.41, 5.74) is 4.29. The van der Waals surface area contributed by atoms with Crippen molar-refractivity contribution in [2.75, 3.05) is 12.3 Å². The first-order chi connectivity index (χ1) is 17.6. The molecule has 1 aromatic carbocycles. The van der Waals surface area contributed by atoms with Crippen molar-refractivity contribution in [2.45, 2.75) is 62.7 Å². The van der Waals surface area contributed by atoms with Gasteiger partial charge in [0.15, 0.2) is 17.9 Å². The lowest BCUT2D eigenvalue weighted by Crippen LogP contribution is -2.42. The fourth-order valence-electron chi connectivity index (χ4n) is 3.59. The number of aliphatic hydroxyl groups excluding tert-OH is 1. The lowest BCUT2D eigenvalue weighted by Gasteiger charge is -2.27. The van der Waals surface area contributed by atoms with E-state index in [0.29, 0.717) is 4.57 Å². The zero-order chi connectivity index (χ0) is 26.7. The molecule has 2 heterocycles. The highest BCUT2D eigenvalue weighted by atomic mass is 31.1. The van der Waals surface area contributed by atoms with E-state index in [4.69, 9.17) is 24.6 Å². The van der Waals surface area contributed by atoms with Crippen molar-refractivity contribution in [2.24, 2.45) is 0 Å². The van der Waals surface area contributed by atoms with Crippen molar-refractivity contribution in [1.82, 2.24) is 14.4 Å². The molecule has 0 amide bonds. The molecule has 0 spiro atoms. The van der Waals surface area contributed by atoms with Gasteiger partial charge in [-0.25, -0.2) is 4.79 Å². The number of aliphatic hydroxyl groups is 1. The molecule has 5 atom stereocenters. The standard InChI is InChI=1S/C22H25F2N4O8P/c1-13(19(30)34-14-8-5-9-14)28(36-15-6-3-2-4-7-15)37(32)33-12-16-18(29)22(23,24)20(35-16)27-11-10-17(25)26-21(27)31/h2-4,6-7,10-11,13-14,16,18,20,29H,5,8-9,12H2,1H3,(H-,25,26,31)/p+1/t13?,16-,18-,20-/m1/s1. The predicted octanol–water partition coefficient (Wildman–Crippen LogP) is 2.17. The third-order valence-electron chi connectivity index (χ3n) is 5.94. The van der Waals surface area contributed by atoms with Crippen LogP contribution in [0, 0.1) is 0 Å². The van der Waals surface area contributed by atoms with Crippen LogP contribution < -0.4 is 16.3 Å². The molecule has 3 N–H and O–H groups in total. The van der Waals surface area contributed by atoms with Crippen molar-refractivity contribution in [3.8, 4) is 5.75 Å². The molecule has 4 rings (SSSR count). The zero-order valence-corrected chi connectivity index (χ0v) is 20.6. The van der Waals surface area contributed by atoms with Crippen LogP contribution in [0.5, 0.6) is 5.75 Å². The van der Waals surface area contributed by atoms with Crippen molar-refractivity contribution in [1.29, 1.82) is 0 Å². The lowest BCUT2D eigenvalue weighted by molar-refractivity contribution is -0.164. The first-order valence-corrected chi connectivity index (χ1v) is 12.6. The molecule has 0 bridgehead atoms. The molecule has 2 unspecified atom stereocenters. The Morgan fingerprint density at radius 1 is 1.35 bits per heavy atom. The van der Waals surface area contributed by atoms with Gasteiger partial charge in [0.1, 0.15) is 29.5 Å². The smallest absolute Gasteiger partial charge is 0.461 e. The van der Waals surface area contributed by atoms with Crippen molar-refractivity contribution in [3.63, 3.8) is 0 Å². The van der Waals surface area contributed by atoms with Crippen LogP contribution in [0.25, 0.3) is 0 Å². The molecule has 12 nitrogen and oxygen atoms in total. The molecule has 200 valence electrons. The number of esters is 1. The Labute approximate surface area is 210 Å². The summed E-state index contributed by atoms with van der Waals surface area (Å²) in [4.78, 5) is 34.4. The fraction of sp³-hybridized carbons (Fsp3) is 0.500. The van der Waals surface area contributed by atoms with Gasteiger partial charge < -0.3 is 25.2 Å². The van der Waals surface area contributed by atoms with Crippen LogP contribution in [0.2, 0.25) is 0 Å². The predicted molar refractivity (Wildman–Crippen MR) is 123 cm³/mol. The number of para-hydroxylation sites is 1. The van der Waals surface area contributed by atoms with Crippen LogP contribution >= 0.6 is 8.18 Å². The quantitative estimate of drug-likeness (QED) is 0.257. The minimum Gasteiger partial charge on any atom is -0.461 e. The Bertz CT molecular complexity index is 1180. The Kier molecular flexibility index (Phi) is 8.14. The Morgan fingerprint density at radius 3 is 2.68 bits per heavy atom. The molecular weight excluding hydrogens is 517 g/mol. The number of anilines is 1. The van der Waals surface area contributed by atoms with Gasteiger partial charge in [-0.2, -0.15) is 13.8 Å². The number of nitrogens with zero attached hydrogens (tertiary/aromatic N) is 3. The van der Waals surface area contributed by atoms with Gasteiger partial charge in [0.2, 0.25) is 6.23 Å². The first kappa shape index (κ1) is 27.0. The maximum Gasteiger partial charge on any atom is 0.653 e. The van der Waals surface area contributed by atoms with E-state index in [-0.39, 0.29) is 17.7 Å². The number of halogens is 2. The highest BCUT2D eigenvalue weighted by Crippen LogP contribution is 2.43. The highest BCUT2D eigenvalue weighted by Gasteiger charge is 2.60. The van der Waals surface area contributed by atoms with E-state index in [0.717, 1.165) is 36.4 Å². The number of alkyl halides is 2. The number of nitrogen functional groups attached to an aromatic ring is 1. The number of rotatable bonds is 10. The van der Waals surface area contributed by atoms with Gasteiger partial charge in [0, 0.05) is 6.20 Å². The van der Waals surface area contributed by atoms with Gasteiger partial charge in [-0.3, -0.25) is 9.36 Å². The first-order valence-electron chi connectivity index (χ1n) is 11.5. The van der Waals surface area contributed by atoms with E-state index in [1.807, 2.05) is 0 Å². The van der Waals surface area contributed by atoms with E-state index < -0.39 is 56.8 Å². The van der Waals surface area contributed by atoms with Crippen LogP contribution in [0.1, 0.15) is 32.4 Å². The second-order valence-electron chi connectivity index (χ2n) is 8.59. The van der Waals surface area contributed by atoms with Crippen molar-refractivity contribution < 1.29 is 42.1 Å². The summed E-state index contributed by atoms with van der Waals surface area (Å²) in [6.07, 6.45) is -3.19. The molecule has 15 heteroatoms. The largest absolute Gasteiger partial charge is 0.653 e. The van der Waals surface area contributed by atoms with E-state index in [1.165, 1.54) is 6.92 Å². The molecule has 2 aliphatic rings. The molecule has 2 aromatic rings. The van der Waals surface area contributed by atoms with Crippen LogP contribution in [0.4, 0.5) is 14.6 Å². The second kappa shape index (κ2) is 11.2. The van der Waals surface area contributed by atoms with Crippen molar-refractivity contribution >= 4 is 20.0 Å². The van der Waals surface area contributed by atoms with Gasteiger partial charge in [-0.05, 0) is 49.0 Å². The van der Waals surface area contributed by atoms with E-state index in [2.05, 4.69) is 4.98 Å². The molecule has 2 fully saturated rings. The molecule has 37 heavy (non-hydrogen) atoms. The van der Waals surface area contributed by atoms with Crippen molar-refractivity contribution in [3.05, 3.63) is 53.1 Å². The van der Waals surface area contributed by atoms with Gasteiger partial charge in [-0.1, -0.05) is 18.2 Å². The van der Waals surface area contributed by atoms with Crippen LogP contribution in [-0.4, -0.2) is 62.3 Å². The Morgan fingerprint density at radius 2 is 2.05 bits per heavy atom. The highest BCUT2D eigenvalue weighted by molar-refractivity contribution is 7.36. The zero-order valence-electron chi connectivity index (χ0n) is 19.7. The van der Waals surface area contributed by atoms with Crippen LogP contribution in [0.3, 0.4) is 0 Å². The third kappa shape index (κ3) is 5.94. The molecule has 0 radical (unpaired) electrons. The summed E-state index contributed by atoms with van der Waals surface area (Å²) in [5, 5.41) is 10.2. The summed E-state index contributed by atoms with van der Waals surface area (Å²) >= 11 is 0. The SMILES string of the molecule is CC(C(=O)OC1CCC1)N(Oc1ccccc1)[P+](=O)OC[C@H]1O[C@@H](n2ccc(N)nc2=O)C(F)(F)[C@@H]1O. The van der Waals surface area contributed by atoms with Crippen LogP contribution in [-0.2, 0) is 23.4 Å². The number of hydrogen-bond donors (Lipinski definition) is 2. The van der Waals surface area contributed by atoms with E-state index in [1.54, 1.807) is 30.3 Å². The number of aromatic nitrogens is 2. The summed E-state index contributed by atoms with van der Waals surface area (Å²) < 4.78 is 58.9. The topological polar surface area (TPSA) is 155 Å². The van der Waals surface area contributed by atoms with E-state index >= 15 is 0 Å². The number of carbonyl (C=O) groups is 1. The van der Waals surface area contributed by atoms with Gasteiger partial charge >= 0.3 is 25.8 Å². The summed E-state index contributed by atoms with van der Waals surface area (Å²) in [6, 6.07) is 8.06. The molecule has 1 saturated carbocycles. The minimum absolute atomic E-state index is 0.177. The number of benzene rings is 1. The molecule has 1 aliphatic carbocycles. The maximum absolute atomic E-state index is 14.8. The third-order valence-corrected chi connectivity index (χ3v) is 7.06. The Balaban J connectivity index is 1.46. The molecular formula is C22H26F2N4O8P+. The van der Waals surface area contributed by atoms with Crippen LogP contribution in [0.15, 0.2) is 47.4 Å². The van der Waals surface area contributed by atoms with Gasteiger partial charge in [-0.15, -0.1) is 4.52 Å². The van der Waals surface area contributed by atoms with E-state index in [9.17, 15) is 28.0 Å².